The van der Waals surface area contributed by atoms with Gasteiger partial charge in [0.2, 0.25) is 0 Å². The average molecular weight is 288 g/mol. The lowest BCUT2D eigenvalue weighted by Gasteiger charge is -2.41. The first kappa shape index (κ1) is 11.9. The summed E-state index contributed by atoms with van der Waals surface area (Å²) in [6, 6.07) is 4.75. The molecule has 1 fully saturated rings. The third-order valence-electron chi connectivity index (χ3n) is 3.08. The van der Waals surface area contributed by atoms with Gasteiger partial charge in [0, 0.05) is 4.47 Å². The Kier molecular flexibility index (Phi) is 3.50. The van der Waals surface area contributed by atoms with Crippen molar-refractivity contribution in [2.24, 2.45) is 5.73 Å². The molecule has 2 N–H and O–H groups in total. The molecule has 0 saturated heterocycles. The van der Waals surface area contributed by atoms with Crippen LogP contribution in [-0.2, 0) is 0 Å². The summed E-state index contributed by atoms with van der Waals surface area (Å²) in [5.41, 5.74) is 5.34. The van der Waals surface area contributed by atoms with E-state index in [0.29, 0.717) is 12.3 Å². The summed E-state index contributed by atoms with van der Waals surface area (Å²) in [6.45, 7) is 0.579. The van der Waals surface area contributed by atoms with Crippen molar-refractivity contribution in [3.05, 3.63) is 28.5 Å². The Hall–Kier alpha value is -0.610. The molecule has 0 heterocycles. The van der Waals surface area contributed by atoms with Crippen LogP contribution in [0.15, 0.2) is 22.7 Å². The van der Waals surface area contributed by atoms with Gasteiger partial charge in [-0.2, -0.15) is 0 Å². The van der Waals surface area contributed by atoms with Crippen molar-refractivity contribution in [2.45, 2.75) is 31.3 Å². The summed E-state index contributed by atoms with van der Waals surface area (Å²) in [7, 11) is 0. The summed E-state index contributed by atoms with van der Waals surface area (Å²) in [5, 5.41) is 0. The van der Waals surface area contributed by atoms with E-state index in [1.807, 2.05) is 0 Å². The van der Waals surface area contributed by atoms with Crippen LogP contribution >= 0.6 is 15.9 Å². The zero-order chi connectivity index (χ0) is 11.6. The Morgan fingerprint density at radius 2 is 2.19 bits per heavy atom. The quantitative estimate of drug-likeness (QED) is 0.923. The van der Waals surface area contributed by atoms with Gasteiger partial charge in [0.1, 0.15) is 5.60 Å². The van der Waals surface area contributed by atoms with Gasteiger partial charge in [-0.15, -0.1) is 0 Å². The first-order valence-corrected chi connectivity index (χ1v) is 6.29. The van der Waals surface area contributed by atoms with E-state index in [-0.39, 0.29) is 11.4 Å². The number of halogens is 2. The van der Waals surface area contributed by atoms with E-state index in [0.717, 1.165) is 30.2 Å². The topological polar surface area (TPSA) is 35.2 Å². The number of hydrogen-bond acceptors (Lipinski definition) is 2. The first-order chi connectivity index (χ1) is 7.65. The van der Waals surface area contributed by atoms with E-state index in [1.165, 1.54) is 6.07 Å². The van der Waals surface area contributed by atoms with Gasteiger partial charge in [-0.3, -0.25) is 0 Å². The monoisotopic (exact) mass is 287 g/mol. The maximum Gasteiger partial charge on any atom is 0.165 e. The predicted octanol–water partition coefficient (Wildman–Crippen LogP) is 3.24. The summed E-state index contributed by atoms with van der Waals surface area (Å²) in [5.74, 6) is 0.00835. The van der Waals surface area contributed by atoms with Crippen LogP contribution in [0.2, 0.25) is 0 Å². The van der Waals surface area contributed by atoms with Crippen LogP contribution in [0.3, 0.4) is 0 Å². The van der Waals surface area contributed by atoms with Crippen LogP contribution in [0.1, 0.15) is 25.7 Å². The molecule has 0 radical (unpaired) electrons. The van der Waals surface area contributed by atoms with Crippen LogP contribution in [0.4, 0.5) is 4.39 Å². The fourth-order valence-electron chi connectivity index (χ4n) is 2.03. The zero-order valence-corrected chi connectivity index (χ0v) is 10.6. The van der Waals surface area contributed by atoms with E-state index in [2.05, 4.69) is 15.9 Å². The van der Waals surface area contributed by atoms with Crippen LogP contribution in [0.25, 0.3) is 0 Å². The van der Waals surface area contributed by atoms with Crippen LogP contribution in [0, 0.1) is 5.82 Å². The highest BCUT2D eigenvalue weighted by atomic mass is 79.9. The minimum absolute atomic E-state index is 0.226. The van der Waals surface area contributed by atoms with E-state index in [4.69, 9.17) is 10.5 Å². The maximum atomic E-state index is 13.5. The lowest BCUT2D eigenvalue weighted by atomic mass is 9.77. The van der Waals surface area contributed by atoms with Crippen molar-refractivity contribution < 1.29 is 9.13 Å². The van der Waals surface area contributed by atoms with Crippen LogP contribution in [0.5, 0.6) is 5.75 Å². The van der Waals surface area contributed by atoms with Crippen LogP contribution < -0.4 is 10.5 Å². The molecule has 2 rings (SSSR count). The van der Waals surface area contributed by atoms with E-state index < -0.39 is 0 Å². The Labute approximate surface area is 103 Å². The molecule has 4 heteroatoms. The van der Waals surface area contributed by atoms with E-state index in [1.54, 1.807) is 12.1 Å². The molecule has 0 bridgehead atoms. The van der Waals surface area contributed by atoms with Crippen molar-refractivity contribution in [2.75, 3.05) is 6.54 Å². The third-order valence-corrected chi connectivity index (χ3v) is 3.58. The van der Waals surface area contributed by atoms with Gasteiger partial charge < -0.3 is 10.5 Å². The molecule has 1 aliphatic carbocycles. The fourth-order valence-corrected chi connectivity index (χ4v) is 2.37. The molecule has 0 aromatic heterocycles. The molecule has 0 amide bonds. The second-order valence-corrected chi connectivity index (χ2v) is 5.17. The number of nitrogens with two attached hydrogens (primary N) is 1. The number of hydrogen-bond donors (Lipinski definition) is 1. The fraction of sp³-hybridized carbons (Fsp3) is 0.500. The maximum absolute atomic E-state index is 13.5. The normalized spacial score (nSPS) is 17.9. The molecule has 1 aliphatic rings. The van der Waals surface area contributed by atoms with Gasteiger partial charge in [0.15, 0.2) is 11.6 Å². The Morgan fingerprint density at radius 1 is 1.44 bits per heavy atom. The van der Waals surface area contributed by atoms with Crippen molar-refractivity contribution >= 4 is 15.9 Å². The van der Waals surface area contributed by atoms with Gasteiger partial charge in [0.05, 0.1) is 0 Å². The summed E-state index contributed by atoms with van der Waals surface area (Å²) in [6.07, 6.45) is 3.86. The van der Waals surface area contributed by atoms with Crippen molar-refractivity contribution in [3.63, 3.8) is 0 Å². The van der Waals surface area contributed by atoms with Crippen LogP contribution in [-0.4, -0.2) is 12.1 Å². The predicted molar refractivity (Wildman–Crippen MR) is 65.0 cm³/mol. The number of rotatable bonds is 4. The summed E-state index contributed by atoms with van der Waals surface area (Å²) in [4.78, 5) is 0. The minimum Gasteiger partial charge on any atom is -0.484 e. The standard InChI is InChI=1S/C12H15BrFNO/c13-9-2-3-10(14)11(8-9)16-12(6-7-15)4-1-5-12/h2-3,8H,1,4-7,15H2. The molecule has 1 aromatic rings. The molecular formula is C12H15BrFNO. The van der Waals surface area contributed by atoms with Gasteiger partial charge in [-0.05, 0) is 50.4 Å². The largest absolute Gasteiger partial charge is 0.484 e. The van der Waals surface area contributed by atoms with E-state index >= 15 is 0 Å². The van der Waals surface area contributed by atoms with E-state index in [9.17, 15) is 4.39 Å². The molecule has 0 spiro atoms. The molecule has 0 aliphatic heterocycles. The Bertz CT molecular complexity index is 379. The minimum atomic E-state index is -0.313. The molecule has 1 saturated carbocycles. The third kappa shape index (κ3) is 2.38. The van der Waals surface area contributed by atoms with Gasteiger partial charge >= 0.3 is 0 Å². The summed E-state index contributed by atoms with van der Waals surface area (Å²) < 4.78 is 20.2. The molecule has 2 nitrogen and oxygen atoms in total. The Balaban J connectivity index is 2.15. The van der Waals surface area contributed by atoms with Gasteiger partial charge in [-0.25, -0.2) is 4.39 Å². The molecule has 0 unspecified atom stereocenters. The molecule has 16 heavy (non-hydrogen) atoms. The molecular weight excluding hydrogens is 273 g/mol. The molecule has 0 atom stereocenters. The second kappa shape index (κ2) is 4.72. The molecule has 88 valence electrons. The number of ether oxygens (including phenoxy) is 1. The average Bonchev–Trinajstić information content (AvgIpc) is 2.20. The highest BCUT2D eigenvalue weighted by Gasteiger charge is 2.39. The zero-order valence-electron chi connectivity index (χ0n) is 9.01. The lowest BCUT2D eigenvalue weighted by Crippen LogP contribution is -2.44. The SMILES string of the molecule is NCCC1(Oc2cc(Br)ccc2F)CCC1. The number of benzene rings is 1. The second-order valence-electron chi connectivity index (χ2n) is 4.25. The highest BCUT2D eigenvalue weighted by molar-refractivity contribution is 9.10. The van der Waals surface area contributed by atoms with Crippen molar-refractivity contribution in [1.29, 1.82) is 0 Å². The highest BCUT2D eigenvalue weighted by Crippen LogP contribution is 2.40. The molecule has 1 aromatic carbocycles. The van der Waals surface area contributed by atoms with Crippen molar-refractivity contribution in [1.82, 2.24) is 0 Å². The lowest BCUT2D eigenvalue weighted by molar-refractivity contribution is -0.0155. The van der Waals surface area contributed by atoms with Crippen molar-refractivity contribution in [3.8, 4) is 5.75 Å². The first-order valence-electron chi connectivity index (χ1n) is 5.49. The van der Waals surface area contributed by atoms with Gasteiger partial charge in [0.25, 0.3) is 0 Å². The summed E-state index contributed by atoms with van der Waals surface area (Å²) >= 11 is 3.31. The smallest absolute Gasteiger partial charge is 0.165 e. The van der Waals surface area contributed by atoms with Gasteiger partial charge in [-0.1, -0.05) is 15.9 Å². The Morgan fingerprint density at radius 3 is 2.75 bits per heavy atom.